The lowest BCUT2D eigenvalue weighted by molar-refractivity contribution is 0.407. The highest BCUT2D eigenvalue weighted by molar-refractivity contribution is 5.38. The molecule has 2 fully saturated rings. The summed E-state index contributed by atoms with van der Waals surface area (Å²) >= 11 is 0. The van der Waals surface area contributed by atoms with E-state index in [-0.39, 0.29) is 0 Å². The largest absolute Gasteiger partial charge is 0.355 e. The summed E-state index contributed by atoms with van der Waals surface area (Å²) in [5.41, 5.74) is 7.08. The number of anilines is 1. The zero-order chi connectivity index (χ0) is 11.7. The molecule has 2 N–H and O–H groups in total. The Morgan fingerprint density at radius 2 is 1.82 bits per heavy atom. The number of nitrogens with two attached hydrogens (primary N) is 1. The van der Waals surface area contributed by atoms with Gasteiger partial charge < -0.3 is 10.6 Å². The maximum Gasteiger partial charge on any atom is 0.151 e. The van der Waals surface area contributed by atoms with Crippen molar-refractivity contribution in [3.05, 3.63) is 17.8 Å². The molecule has 1 aromatic heterocycles. The van der Waals surface area contributed by atoms with Gasteiger partial charge in [0, 0.05) is 25.0 Å². The molecule has 1 saturated carbocycles. The fourth-order valence-corrected chi connectivity index (χ4v) is 2.55. The lowest BCUT2D eigenvalue weighted by atomic mass is 9.83. The smallest absolute Gasteiger partial charge is 0.151 e. The van der Waals surface area contributed by atoms with Crippen molar-refractivity contribution in [2.45, 2.75) is 44.1 Å². The zero-order valence-electron chi connectivity index (χ0n) is 10.2. The van der Waals surface area contributed by atoms with Crippen molar-refractivity contribution in [1.82, 2.24) is 10.2 Å². The molecule has 0 aromatic carbocycles. The minimum Gasteiger partial charge on any atom is -0.355 e. The summed E-state index contributed by atoms with van der Waals surface area (Å²) in [4.78, 5) is 2.29. The second kappa shape index (κ2) is 4.61. The first-order chi connectivity index (χ1) is 8.33. The molecule has 1 aromatic rings. The third kappa shape index (κ3) is 2.27. The number of hydrogen-bond donors (Lipinski definition) is 1. The molecule has 0 atom stereocenters. The van der Waals surface area contributed by atoms with Crippen molar-refractivity contribution >= 4 is 5.82 Å². The Labute approximate surface area is 102 Å². The summed E-state index contributed by atoms with van der Waals surface area (Å²) in [6, 6.07) is 4.64. The Bertz CT molecular complexity index is 364. The van der Waals surface area contributed by atoms with Gasteiger partial charge in [-0.25, -0.2) is 0 Å². The van der Waals surface area contributed by atoms with Gasteiger partial charge in [-0.3, -0.25) is 0 Å². The molecule has 0 amide bonds. The van der Waals surface area contributed by atoms with Crippen LogP contribution in [-0.2, 0) is 0 Å². The maximum absolute atomic E-state index is 5.90. The average Bonchev–Trinajstić information content (AvgIpc) is 2.29. The fourth-order valence-electron chi connectivity index (χ4n) is 2.55. The molecule has 0 spiro atoms. The van der Waals surface area contributed by atoms with E-state index in [9.17, 15) is 0 Å². The molecule has 0 radical (unpaired) electrons. The predicted octanol–water partition coefficient (Wildman–Crippen LogP) is 1.67. The minimum atomic E-state index is 0.369. The van der Waals surface area contributed by atoms with E-state index in [1.165, 1.54) is 25.0 Å². The standard InChI is InChI=1S/C13H20N4/c14-11-6-8-17(9-7-11)13-5-4-12(15-16-13)10-2-1-3-10/h4-5,10-11H,1-3,6-9,14H2. The lowest BCUT2D eigenvalue weighted by Crippen LogP contribution is -2.40. The summed E-state index contributed by atoms with van der Waals surface area (Å²) in [6.07, 6.45) is 6.04. The zero-order valence-corrected chi connectivity index (χ0v) is 10.2. The van der Waals surface area contributed by atoms with Crippen LogP contribution in [0.15, 0.2) is 12.1 Å². The van der Waals surface area contributed by atoms with Crippen LogP contribution < -0.4 is 10.6 Å². The van der Waals surface area contributed by atoms with Crippen molar-refractivity contribution in [3.63, 3.8) is 0 Å². The van der Waals surface area contributed by atoms with E-state index >= 15 is 0 Å². The third-order valence-electron chi connectivity index (χ3n) is 4.06. The second-order valence-electron chi connectivity index (χ2n) is 5.27. The highest BCUT2D eigenvalue weighted by Crippen LogP contribution is 2.35. The Balaban J connectivity index is 1.67. The van der Waals surface area contributed by atoms with Crippen molar-refractivity contribution in [1.29, 1.82) is 0 Å². The first-order valence-corrected chi connectivity index (χ1v) is 6.67. The Morgan fingerprint density at radius 1 is 1.06 bits per heavy atom. The molecule has 0 unspecified atom stereocenters. The van der Waals surface area contributed by atoms with Gasteiger partial charge in [0.25, 0.3) is 0 Å². The quantitative estimate of drug-likeness (QED) is 0.842. The van der Waals surface area contributed by atoms with Crippen molar-refractivity contribution in [2.24, 2.45) is 5.73 Å². The van der Waals surface area contributed by atoms with Gasteiger partial charge in [0.1, 0.15) is 0 Å². The van der Waals surface area contributed by atoms with Gasteiger partial charge in [-0.2, -0.15) is 5.10 Å². The summed E-state index contributed by atoms with van der Waals surface area (Å²) in [5.74, 6) is 1.69. The number of aromatic nitrogens is 2. The van der Waals surface area contributed by atoms with Crippen molar-refractivity contribution < 1.29 is 0 Å². The molecule has 3 rings (SSSR count). The summed E-state index contributed by atoms with van der Waals surface area (Å²) in [5, 5.41) is 8.74. The summed E-state index contributed by atoms with van der Waals surface area (Å²) < 4.78 is 0. The van der Waals surface area contributed by atoms with E-state index < -0.39 is 0 Å². The SMILES string of the molecule is NC1CCN(c2ccc(C3CCC3)nn2)CC1. The number of rotatable bonds is 2. The number of hydrogen-bond acceptors (Lipinski definition) is 4. The molecule has 1 aliphatic heterocycles. The molecule has 2 heterocycles. The second-order valence-corrected chi connectivity index (χ2v) is 5.27. The molecule has 1 aliphatic carbocycles. The van der Waals surface area contributed by atoms with E-state index in [1.54, 1.807) is 0 Å². The van der Waals surface area contributed by atoms with E-state index in [4.69, 9.17) is 5.73 Å². The van der Waals surface area contributed by atoms with E-state index in [0.717, 1.165) is 31.7 Å². The van der Waals surface area contributed by atoms with Gasteiger partial charge in [0.05, 0.1) is 5.69 Å². The highest BCUT2D eigenvalue weighted by Gasteiger charge is 2.22. The number of nitrogens with zero attached hydrogens (tertiary/aromatic N) is 3. The molecule has 17 heavy (non-hydrogen) atoms. The van der Waals surface area contributed by atoms with Crippen LogP contribution in [0.2, 0.25) is 0 Å². The number of piperidine rings is 1. The van der Waals surface area contributed by atoms with E-state index in [0.29, 0.717) is 12.0 Å². The first-order valence-electron chi connectivity index (χ1n) is 6.67. The van der Waals surface area contributed by atoms with Gasteiger partial charge in [0.2, 0.25) is 0 Å². The van der Waals surface area contributed by atoms with Crippen LogP contribution in [0.5, 0.6) is 0 Å². The van der Waals surface area contributed by atoms with E-state index in [2.05, 4.69) is 27.2 Å². The van der Waals surface area contributed by atoms with Crippen molar-refractivity contribution in [3.8, 4) is 0 Å². The predicted molar refractivity (Wildman–Crippen MR) is 68.0 cm³/mol. The lowest BCUT2D eigenvalue weighted by Gasteiger charge is -2.31. The maximum atomic E-state index is 5.90. The molecular formula is C13H20N4. The van der Waals surface area contributed by atoms with Crippen LogP contribution in [0, 0.1) is 0 Å². The Kier molecular flexibility index (Phi) is 2.97. The summed E-state index contributed by atoms with van der Waals surface area (Å²) in [6.45, 7) is 2.03. The van der Waals surface area contributed by atoms with Crippen LogP contribution >= 0.6 is 0 Å². The normalized spacial score (nSPS) is 22.5. The monoisotopic (exact) mass is 232 g/mol. The van der Waals surface area contributed by atoms with Gasteiger partial charge in [-0.15, -0.1) is 5.10 Å². The molecular weight excluding hydrogens is 212 g/mol. The van der Waals surface area contributed by atoms with Crippen LogP contribution in [0.1, 0.15) is 43.7 Å². The molecule has 1 saturated heterocycles. The fraction of sp³-hybridized carbons (Fsp3) is 0.692. The van der Waals surface area contributed by atoms with E-state index in [1.807, 2.05) is 0 Å². The molecule has 92 valence electrons. The first kappa shape index (κ1) is 11.0. The Hall–Kier alpha value is -1.16. The van der Waals surface area contributed by atoms with Crippen LogP contribution in [0.4, 0.5) is 5.82 Å². The topological polar surface area (TPSA) is 55.0 Å². The van der Waals surface area contributed by atoms with Gasteiger partial charge in [-0.1, -0.05) is 6.42 Å². The van der Waals surface area contributed by atoms with Crippen LogP contribution in [0.25, 0.3) is 0 Å². The van der Waals surface area contributed by atoms with Crippen LogP contribution in [-0.4, -0.2) is 29.3 Å². The van der Waals surface area contributed by atoms with Crippen molar-refractivity contribution in [2.75, 3.05) is 18.0 Å². The van der Waals surface area contributed by atoms with Crippen LogP contribution in [0.3, 0.4) is 0 Å². The minimum absolute atomic E-state index is 0.369. The van der Waals surface area contributed by atoms with Gasteiger partial charge >= 0.3 is 0 Å². The molecule has 4 nitrogen and oxygen atoms in total. The third-order valence-corrected chi connectivity index (χ3v) is 4.06. The summed E-state index contributed by atoms with van der Waals surface area (Å²) in [7, 11) is 0. The van der Waals surface area contributed by atoms with Gasteiger partial charge in [-0.05, 0) is 37.8 Å². The molecule has 4 heteroatoms. The van der Waals surface area contributed by atoms with Gasteiger partial charge in [0.15, 0.2) is 5.82 Å². The molecule has 0 bridgehead atoms. The molecule has 2 aliphatic rings. The Morgan fingerprint density at radius 3 is 2.35 bits per heavy atom. The average molecular weight is 232 g/mol. The highest BCUT2D eigenvalue weighted by atomic mass is 15.3.